The molecule has 19 heavy (non-hydrogen) atoms. The number of aliphatic hydroxyl groups excluding tert-OH is 1. The van der Waals surface area contributed by atoms with Crippen molar-refractivity contribution in [2.24, 2.45) is 0 Å². The van der Waals surface area contributed by atoms with Crippen LogP contribution in [0.5, 0.6) is 11.6 Å². The zero-order chi connectivity index (χ0) is 14.0. The van der Waals surface area contributed by atoms with E-state index in [0.29, 0.717) is 5.88 Å². The van der Waals surface area contributed by atoms with E-state index in [2.05, 4.69) is 18.0 Å². The van der Waals surface area contributed by atoms with Crippen LogP contribution < -0.4 is 4.74 Å². The van der Waals surface area contributed by atoms with Gasteiger partial charge in [0.1, 0.15) is 5.75 Å². The van der Waals surface area contributed by atoms with Gasteiger partial charge in [0.2, 0.25) is 5.88 Å². The highest BCUT2D eigenvalue weighted by Gasteiger charge is 2.09. The molecule has 0 radical (unpaired) electrons. The van der Waals surface area contributed by atoms with E-state index in [1.54, 1.807) is 25.3 Å². The smallest absolute Gasteiger partial charge is 0.219 e. The molecule has 2 aromatic rings. The molecule has 2 rings (SSSR count). The number of aryl methyl sites for hydroxylation is 2. The van der Waals surface area contributed by atoms with E-state index in [0.717, 1.165) is 22.4 Å². The van der Waals surface area contributed by atoms with Crippen LogP contribution in [-0.2, 0) is 0 Å². The molecule has 100 valence electrons. The summed E-state index contributed by atoms with van der Waals surface area (Å²) < 4.78 is 5.89. The Kier molecular flexibility index (Phi) is 3.86. The summed E-state index contributed by atoms with van der Waals surface area (Å²) in [5.41, 5.74) is 4.18. The van der Waals surface area contributed by atoms with Crippen LogP contribution in [0.1, 0.15) is 35.3 Å². The average Bonchev–Trinajstić information content (AvgIpc) is 2.39. The lowest BCUT2D eigenvalue weighted by Crippen LogP contribution is -1.97. The molecule has 0 bridgehead atoms. The molecule has 0 amide bonds. The first-order chi connectivity index (χ1) is 8.99. The lowest BCUT2D eigenvalue weighted by Gasteiger charge is -2.14. The molecule has 1 heterocycles. The topological polar surface area (TPSA) is 42.4 Å². The summed E-state index contributed by atoms with van der Waals surface area (Å²) in [7, 11) is 0. The van der Waals surface area contributed by atoms with Gasteiger partial charge in [0.15, 0.2) is 0 Å². The maximum Gasteiger partial charge on any atom is 0.219 e. The van der Waals surface area contributed by atoms with Crippen molar-refractivity contribution >= 4 is 0 Å². The fourth-order valence-corrected chi connectivity index (χ4v) is 1.93. The summed E-state index contributed by atoms with van der Waals surface area (Å²) in [6, 6.07) is 7.67. The fraction of sp³-hybridized carbons (Fsp3) is 0.312. The van der Waals surface area contributed by atoms with E-state index in [4.69, 9.17) is 4.74 Å². The lowest BCUT2D eigenvalue weighted by molar-refractivity contribution is 0.198. The third kappa shape index (κ3) is 2.93. The molecule has 0 fully saturated rings. The second kappa shape index (κ2) is 5.41. The number of benzene rings is 1. The Labute approximate surface area is 113 Å². The van der Waals surface area contributed by atoms with Crippen molar-refractivity contribution in [1.82, 2.24) is 4.98 Å². The van der Waals surface area contributed by atoms with Crippen LogP contribution >= 0.6 is 0 Å². The van der Waals surface area contributed by atoms with Crippen molar-refractivity contribution in [3.8, 4) is 11.6 Å². The van der Waals surface area contributed by atoms with Gasteiger partial charge in [-0.3, -0.25) is 0 Å². The second-order valence-corrected chi connectivity index (χ2v) is 4.86. The first-order valence-corrected chi connectivity index (χ1v) is 6.37. The van der Waals surface area contributed by atoms with Gasteiger partial charge < -0.3 is 9.84 Å². The molecule has 1 atom stereocenters. The van der Waals surface area contributed by atoms with Gasteiger partial charge in [-0.1, -0.05) is 12.1 Å². The number of pyridine rings is 1. The monoisotopic (exact) mass is 257 g/mol. The molecule has 0 unspecified atom stereocenters. The van der Waals surface area contributed by atoms with E-state index in [1.807, 2.05) is 19.9 Å². The van der Waals surface area contributed by atoms with Crippen molar-refractivity contribution in [2.45, 2.75) is 33.8 Å². The zero-order valence-corrected chi connectivity index (χ0v) is 11.8. The predicted molar refractivity (Wildman–Crippen MR) is 75.6 cm³/mol. The largest absolute Gasteiger partial charge is 0.438 e. The van der Waals surface area contributed by atoms with Gasteiger partial charge in [0, 0.05) is 12.3 Å². The maximum absolute atomic E-state index is 9.58. The average molecular weight is 257 g/mol. The highest BCUT2D eigenvalue weighted by atomic mass is 16.5. The van der Waals surface area contributed by atoms with E-state index in [9.17, 15) is 5.11 Å². The molecule has 0 saturated carbocycles. The fourth-order valence-electron chi connectivity index (χ4n) is 1.93. The van der Waals surface area contributed by atoms with Gasteiger partial charge in [-0.2, -0.15) is 0 Å². The van der Waals surface area contributed by atoms with Gasteiger partial charge in [-0.15, -0.1) is 0 Å². The molecule has 1 aromatic carbocycles. The first kappa shape index (κ1) is 13.6. The van der Waals surface area contributed by atoms with Crippen LogP contribution in [-0.4, -0.2) is 10.1 Å². The quantitative estimate of drug-likeness (QED) is 0.908. The van der Waals surface area contributed by atoms with Crippen LogP contribution in [0.15, 0.2) is 30.5 Å². The van der Waals surface area contributed by atoms with Crippen molar-refractivity contribution in [1.29, 1.82) is 0 Å². The van der Waals surface area contributed by atoms with Crippen LogP contribution in [0.3, 0.4) is 0 Å². The summed E-state index contributed by atoms with van der Waals surface area (Å²) in [5.74, 6) is 1.35. The maximum atomic E-state index is 9.58. The summed E-state index contributed by atoms with van der Waals surface area (Å²) in [6.45, 7) is 7.83. The van der Waals surface area contributed by atoms with Crippen molar-refractivity contribution in [3.63, 3.8) is 0 Å². The Morgan fingerprint density at radius 3 is 2.47 bits per heavy atom. The number of aromatic nitrogens is 1. The summed E-state index contributed by atoms with van der Waals surface area (Å²) in [4.78, 5) is 4.20. The Bertz CT molecular complexity index is 591. The van der Waals surface area contributed by atoms with Crippen molar-refractivity contribution in [3.05, 3.63) is 52.7 Å². The number of ether oxygens (including phenoxy) is 1. The minimum atomic E-state index is -0.523. The lowest BCUT2D eigenvalue weighted by atomic mass is 10.1. The summed E-state index contributed by atoms with van der Waals surface area (Å²) in [6.07, 6.45) is 1.13. The van der Waals surface area contributed by atoms with E-state index in [-0.39, 0.29) is 0 Å². The second-order valence-electron chi connectivity index (χ2n) is 4.86. The normalized spacial score (nSPS) is 12.3. The number of hydrogen-bond acceptors (Lipinski definition) is 3. The van der Waals surface area contributed by atoms with Crippen molar-refractivity contribution in [2.75, 3.05) is 0 Å². The van der Waals surface area contributed by atoms with Gasteiger partial charge in [0.25, 0.3) is 0 Å². The Hall–Kier alpha value is -1.87. The van der Waals surface area contributed by atoms with Gasteiger partial charge in [-0.05, 0) is 56.0 Å². The Balaban J connectivity index is 2.36. The number of aliphatic hydroxyl groups is 1. The minimum absolute atomic E-state index is 0.509. The molecule has 1 aromatic heterocycles. The Morgan fingerprint density at radius 2 is 1.79 bits per heavy atom. The standard InChI is InChI=1S/C16H19NO2/c1-10-5-6-11(2)16(12(10)3)19-15-9-14(13(4)18)7-8-17-15/h5-9,13,18H,1-4H3/t13-/m0/s1. The molecular formula is C16H19NO2. The molecular weight excluding hydrogens is 238 g/mol. The highest BCUT2D eigenvalue weighted by Crippen LogP contribution is 2.30. The minimum Gasteiger partial charge on any atom is -0.438 e. The highest BCUT2D eigenvalue weighted by molar-refractivity contribution is 5.46. The van der Waals surface area contributed by atoms with E-state index >= 15 is 0 Å². The zero-order valence-electron chi connectivity index (χ0n) is 11.8. The molecule has 0 saturated heterocycles. The first-order valence-electron chi connectivity index (χ1n) is 6.37. The summed E-state index contributed by atoms with van der Waals surface area (Å²) >= 11 is 0. The third-order valence-corrected chi connectivity index (χ3v) is 3.32. The van der Waals surface area contributed by atoms with Crippen molar-refractivity contribution < 1.29 is 9.84 Å². The number of rotatable bonds is 3. The van der Waals surface area contributed by atoms with Crippen LogP contribution in [0.25, 0.3) is 0 Å². The SMILES string of the molecule is Cc1ccc(C)c(Oc2cc([C@H](C)O)ccn2)c1C. The van der Waals surface area contributed by atoms with Crippen LogP contribution in [0.4, 0.5) is 0 Å². The van der Waals surface area contributed by atoms with Crippen LogP contribution in [0.2, 0.25) is 0 Å². The molecule has 3 heteroatoms. The Morgan fingerprint density at radius 1 is 1.11 bits per heavy atom. The van der Waals surface area contributed by atoms with E-state index in [1.165, 1.54) is 5.56 Å². The van der Waals surface area contributed by atoms with Gasteiger partial charge in [-0.25, -0.2) is 4.98 Å². The van der Waals surface area contributed by atoms with Gasteiger partial charge in [0.05, 0.1) is 6.10 Å². The molecule has 0 aliphatic rings. The van der Waals surface area contributed by atoms with Gasteiger partial charge >= 0.3 is 0 Å². The molecule has 0 aliphatic carbocycles. The molecule has 1 N–H and O–H groups in total. The predicted octanol–water partition coefficient (Wildman–Crippen LogP) is 3.85. The molecule has 3 nitrogen and oxygen atoms in total. The number of nitrogens with zero attached hydrogens (tertiary/aromatic N) is 1. The summed E-state index contributed by atoms with van der Waals surface area (Å²) in [5, 5.41) is 9.58. The molecule has 0 aliphatic heterocycles. The van der Waals surface area contributed by atoms with Crippen LogP contribution in [0, 0.1) is 20.8 Å². The van der Waals surface area contributed by atoms with E-state index < -0.39 is 6.10 Å². The molecule has 0 spiro atoms. The third-order valence-electron chi connectivity index (χ3n) is 3.32. The number of hydrogen-bond donors (Lipinski definition) is 1.